The van der Waals surface area contributed by atoms with Gasteiger partial charge in [-0.05, 0) is 25.0 Å². The molecule has 0 spiro atoms. The molecular formula is C19H22N4O5. The van der Waals surface area contributed by atoms with Gasteiger partial charge in [0.25, 0.3) is 0 Å². The third kappa shape index (κ3) is 5.60. The van der Waals surface area contributed by atoms with E-state index >= 15 is 0 Å². The van der Waals surface area contributed by atoms with Crippen LogP contribution < -0.4 is 5.32 Å². The van der Waals surface area contributed by atoms with Crippen molar-refractivity contribution >= 4 is 34.8 Å². The number of ether oxygens (including phenoxy) is 1. The molecule has 0 saturated heterocycles. The monoisotopic (exact) mass is 386 g/mol. The number of amides is 1. The first-order chi connectivity index (χ1) is 13.5. The summed E-state index contributed by atoms with van der Waals surface area (Å²) in [6.07, 6.45) is 1.58. The first-order valence-electron chi connectivity index (χ1n) is 8.86. The number of carboxylic acid groups (broad SMARTS) is 1. The minimum Gasteiger partial charge on any atom is -0.480 e. The number of H-pyrrole nitrogens is 1. The third-order valence-corrected chi connectivity index (χ3v) is 4.24. The minimum atomic E-state index is -1.26. The summed E-state index contributed by atoms with van der Waals surface area (Å²) >= 11 is 0. The molecular weight excluding hydrogens is 364 g/mol. The van der Waals surface area contributed by atoms with Gasteiger partial charge in [0.2, 0.25) is 11.7 Å². The number of fused-ring (bicyclic) bond motifs is 1. The van der Waals surface area contributed by atoms with E-state index in [4.69, 9.17) is 10.3 Å². The van der Waals surface area contributed by atoms with Crippen molar-refractivity contribution in [3.05, 3.63) is 41.6 Å². The topological polar surface area (TPSA) is 145 Å². The number of aromatic nitrogens is 1. The maximum atomic E-state index is 12.6. The van der Waals surface area contributed by atoms with E-state index in [-0.39, 0.29) is 25.9 Å². The number of ketones is 1. The number of nitrogens with zero attached hydrogens (tertiary/aromatic N) is 2. The maximum absolute atomic E-state index is 12.6. The maximum Gasteiger partial charge on any atom is 0.326 e. The second-order valence-electron chi connectivity index (χ2n) is 6.16. The van der Waals surface area contributed by atoms with E-state index in [9.17, 15) is 19.5 Å². The summed E-state index contributed by atoms with van der Waals surface area (Å²) in [6.45, 7) is 2.03. The van der Waals surface area contributed by atoms with Crippen LogP contribution in [0.2, 0.25) is 0 Å². The van der Waals surface area contributed by atoms with Crippen molar-refractivity contribution in [1.29, 1.82) is 0 Å². The number of carbonyl (C=O) groups is 3. The fourth-order valence-corrected chi connectivity index (χ4v) is 2.87. The summed E-state index contributed by atoms with van der Waals surface area (Å²) in [5.41, 5.74) is 10.1. The highest BCUT2D eigenvalue weighted by Crippen LogP contribution is 2.20. The lowest BCUT2D eigenvalue weighted by Crippen LogP contribution is -2.47. The molecule has 9 nitrogen and oxygen atoms in total. The van der Waals surface area contributed by atoms with Crippen molar-refractivity contribution in [3.63, 3.8) is 0 Å². The number of aromatic amines is 1. The number of Topliss-reactive ketones (excluding diaryl/α,β-unsaturated/α-hetero) is 1. The second kappa shape index (κ2) is 10.1. The summed E-state index contributed by atoms with van der Waals surface area (Å²) in [5.74, 6) is -2.37. The summed E-state index contributed by atoms with van der Waals surface area (Å²) in [7, 11) is 0. The standard InChI is InChI=1S/C19H22N4O5/c1-2-28-17(9-12-10-21-15-6-4-3-5-14(12)15)18(25)23-16(19(26)27)8-7-13(24)11-22-20/h3-6,10-11,16-17,21H,2,7-9H2,1H3,(H,23,25)(H,26,27)/t16-,17-/m0/s1. The molecule has 2 aromatic rings. The molecule has 0 aliphatic carbocycles. The van der Waals surface area contributed by atoms with E-state index in [1.807, 2.05) is 24.3 Å². The Hall–Kier alpha value is -3.29. The zero-order chi connectivity index (χ0) is 20.5. The SMILES string of the molecule is CCO[C@@H](Cc1c[nH]c2ccccc12)C(=O)N[C@@H](CCC(=O)C=[N+]=[N-])C(=O)O. The van der Waals surface area contributed by atoms with Gasteiger partial charge in [-0.2, -0.15) is 4.79 Å². The largest absolute Gasteiger partial charge is 0.480 e. The minimum absolute atomic E-state index is 0.127. The predicted octanol–water partition coefficient (Wildman–Crippen LogP) is 1.33. The van der Waals surface area contributed by atoms with Gasteiger partial charge in [0, 0.05) is 36.5 Å². The molecule has 28 heavy (non-hydrogen) atoms. The number of benzene rings is 1. The van der Waals surface area contributed by atoms with Crippen molar-refractivity contribution in [1.82, 2.24) is 10.3 Å². The Morgan fingerprint density at radius 2 is 2.11 bits per heavy atom. The zero-order valence-corrected chi connectivity index (χ0v) is 15.4. The normalized spacial score (nSPS) is 12.8. The van der Waals surface area contributed by atoms with Gasteiger partial charge in [0.1, 0.15) is 12.1 Å². The van der Waals surface area contributed by atoms with Crippen molar-refractivity contribution < 1.29 is 29.0 Å². The van der Waals surface area contributed by atoms with E-state index in [0.29, 0.717) is 6.21 Å². The van der Waals surface area contributed by atoms with Gasteiger partial charge in [0.05, 0.1) is 0 Å². The highest BCUT2D eigenvalue weighted by Gasteiger charge is 2.27. The molecule has 1 amide bonds. The average molecular weight is 386 g/mol. The van der Waals surface area contributed by atoms with Gasteiger partial charge in [-0.3, -0.25) is 9.59 Å². The lowest BCUT2D eigenvalue weighted by molar-refractivity contribution is -0.144. The Morgan fingerprint density at radius 3 is 2.79 bits per heavy atom. The van der Waals surface area contributed by atoms with Crippen LogP contribution >= 0.6 is 0 Å². The molecule has 0 aliphatic rings. The van der Waals surface area contributed by atoms with Crippen molar-refractivity contribution in [2.24, 2.45) is 0 Å². The first kappa shape index (κ1) is 21.0. The predicted molar refractivity (Wildman–Crippen MR) is 101 cm³/mol. The van der Waals surface area contributed by atoms with Crippen LogP contribution in [0, 0.1) is 0 Å². The Bertz CT molecular complexity index is 901. The van der Waals surface area contributed by atoms with Crippen molar-refractivity contribution in [3.8, 4) is 0 Å². The lowest BCUT2D eigenvalue weighted by Gasteiger charge is -2.20. The number of carboxylic acids is 1. The summed E-state index contributed by atoms with van der Waals surface area (Å²) in [4.78, 5) is 41.2. The lowest BCUT2D eigenvalue weighted by atomic mass is 10.0. The number of hydrogen-bond donors (Lipinski definition) is 3. The van der Waals surface area contributed by atoms with Crippen LogP contribution in [0.5, 0.6) is 0 Å². The molecule has 1 heterocycles. The fourth-order valence-electron chi connectivity index (χ4n) is 2.87. The summed E-state index contributed by atoms with van der Waals surface area (Å²) in [5, 5.41) is 12.7. The molecule has 0 bridgehead atoms. The number of rotatable bonds is 11. The van der Waals surface area contributed by atoms with Crippen molar-refractivity contribution in [2.45, 2.75) is 38.3 Å². The van der Waals surface area contributed by atoms with E-state index in [0.717, 1.165) is 16.5 Å². The number of nitrogens with one attached hydrogen (secondary N) is 2. The molecule has 148 valence electrons. The Morgan fingerprint density at radius 1 is 1.36 bits per heavy atom. The smallest absolute Gasteiger partial charge is 0.326 e. The van der Waals surface area contributed by atoms with Gasteiger partial charge in [0.15, 0.2) is 0 Å². The number of carbonyl (C=O) groups excluding carboxylic acids is 2. The van der Waals surface area contributed by atoms with Gasteiger partial charge in [-0.25, -0.2) is 4.79 Å². The van der Waals surface area contributed by atoms with Crippen LogP contribution in [-0.2, 0) is 25.5 Å². The quantitative estimate of drug-likeness (QED) is 0.303. The molecule has 2 rings (SSSR count). The Kier molecular flexibility index (Phi) is 7.62. The number of hydrogen-bond acceptors (Lipinski definition) is 4. The van der Waals surface area contributed by atoms with Gasteiger partial charge in [-0.15, -0.1) is 0 Å². The van der Waals surface area contributed by atoms with Crippen LogP contribution in [0.3, 0.4) is 0 Å². The zero-order valence-electron chi connectivity index (χ0n) is 15.4. The van der Waals surface area contributed by atoms with Crippen LogP contribution in [0.15, 0.2) is 30.5 Å². The van der Waals surface area contributed by atoms with E-state index < -0.39 is 29.8 Å². The van der Waals surface area contributed by atoms with Crippen LogP contribution in [0.4, 0.5) is 0 Å². The molecule has 3 N–H and O–H groups in total. The summed E-state index contributed by atoms with van der Waals surface area (Å²) in [6, 6.07) is 6.38. The second-order valence-corrected chi connectivity index (χ2v) is 6.16. The van der Waals surface area contributed by atoms with E-state index in [1.54, 1.807) is 13.1 Å². The highest BCUT2D eigenvalue weighted by molar-refractivity contribution is 6.25. The van der Waals surface area contributed by atoms with Gasteiger partial charge in [-0.1, -0.05) is 18.2 Å². The van der Waals surface area contributed by atoms with Crippen LogP contribution in [0.1, 0.15) is 25.3 Å². The average Bonchev–Trinajstić information content (AvgIpc) is 3.07. The third-order valence-electron chi connectivity index (χ3n) is 4.24. The Balaban J connectivity index is 2.08. The van der Waals surface area contributed by atoms with Crippen LogP contribution in [-0.4, -0.2) is 57.5 Å². The molecule has 2 atom stereocenters. The summed E-state index contributed by atoms with van der Waals surface area (Å²) < 4.78 is 5.53. The van der Waals surface area contributed by atoms with E-state index in [2.05, 4.69) is 15.1 Å². The van der Waals surface area contributed by atoms with Gasteiger partial charge >= 0.3 is 12.2 Å². The van der Waals surface area contributed by atoms with E-state index in [1.165, 1.54) is 0 Å². The molecule has 9 heteroatoms. The highest BCUT2D eigenvalue weighted by atomic mass is 16.5. The molecule has 1 aromatic carbocycles. The molecule has 0 aliphatic heterocycles. The molecule has 1 aromatic heterocycles. The fraction of sp³-hybridized carbons (Fsp3) is 0.368. The molecule has 0 saturated carbocycles. The van der Waals surface area contributed by atoms with Crippen LogP contribution in [0.25, 0.3) is 16.4 Å². The number of aliphatic carboxylic acids is 1. The molecule has 0 unspecified atom stereocenters. The first-order valence-corrected chi connectivity index (χ1v) is 8.86. The molecule has 0 fully saturated rings. The number of para-hydroxylation sites is 1. The Labute approximate surface area is 161 Å². The molecule has 0 radical (unpaired) electrons. The van der Waals surface area contributed by atoms with Crippen molar-refractivity contribution in [2.75, 3.05) is 6.61 Å². The van der Waals surface area contributed by atoms with Gasteiger partial charge < -0.3 is 25.7 Å².